The number of alkyl halides is 3. The molecule has 0 radical (unpaired) electrons. The van der Waals surface area contributed by atoms with Crippen LogP contribution in [0.15, 0.2) is 18.2 Å². The zero-order chi connectivity index (χ0) is 11.8. The molecule has 1 aliphatic rings. The fourth-order valence-electron chi connectivity index (χ4n) is 2.11. The first kappa shape index (κ1) is 12.5. The molecule has 0 heterocycles. The Morgan fingerprint density at radius 3 is 2.31 bits per heavy atom. The van der Waals surface area contributed by atoms with Crippen molar-refractivity contribution in [2.24, 2.45) is 0 Å². The van der Waals surface area contributed by atoms with Crippen LogP contribution in [0.3, 0.4) is 0 Å². The quantitative estimate of drug-likeness (QED) is 0.771. The van der Waals surface area contributed by atoms with Crippen molar-refractivity contribution in [2.75, 3.05) is 0 Å². The molecule has 1 N–H and O–H groups in total. The van der Waals surface area contributed by atoms with Crippen molar-refractivity contribution in [1.29, 1.82) is 0 Å². The summed E-state index contributed by atoms with van der Waals surface area (Å²) in [5.41, 5.74) is 3.31. The van der Waals surface area contributed by atoms with Gasteiger partial charge in [-0.2, -0.15) is 0 Å². The molecule has 1 atom stereocenters. The van der Waals surface area contributed by atoms with Crippen LogP contribution in [0.2, 0.25) is 0 Å². The number of aliphatic hydroxyl groups is 1. The first-order valence-corrected chi connectivity index (χ1v) is 6.48. The second kappa shape index (κ2) is 4.73. The molecule has 4 heteroatoms. The first-order chi connectivity index (χ1) is 7.48. The third-order valence-electron chi connectivity index (χ3n) is 3.00. The van der Waals surface area contributed by atoms with E-state index >= 15 is 0 Å². The van der Waals surface area contributed by atoms with E-state index in [0.29, 0.717) is 5.56 Å². The zero-order valence-corrected chi connectivity index (χ0v) is 11.0. The third kappa shape index (κ3) is 2.65. The Bertz CT molecular complexity index is 384. The summed E-state index contributed by atoms with van der Waals surface area (Å²) in [6.45, 7) is 0. The fraction of sp³-hybridized carbons (Fsp3) is 0.500. The predicted molar refractivity (Wildman–Crippen MR) is 68.3 cm³/mol. The van der Waals surface area contributed by atoms with Crippen molar-refractivity contribution in [3.63, 3.8) is 0 Å². The van der Waals surface area contributed by atoms with Crippen LogP contribution in [0.4, 0.5) is 0 Å². The summed E-state index contributed by atoms with van der Waals surface area (Å²) in [7, 11) is 0. The third-order valence-corrected chi connectivity index (χ3v) is 3.62. The molecule has 1 unspecified atom stereocenters. The first-order valence-electron chi connectivity index (χ1n) is 5.35. The largest absolute Gasteiger partial charge is 0.384 e. The Labute approximate surface area is 110 Å². The average molecular weight is 280 g/mol. The van der Waals surface area contributed by atoms with Crippen molar-refractivity contribution >= 4 is 34.8 Å². The lowest BCUT2D eigenvalue weighted by atomic mass is 9.89. The van der Waals surface area contributed by atoms with Crippen molar-refractivity contribution in [3.05, 3.63) is 34.9 Å². The molecule has 2 rings (SSSR count). The number of fused-ring (bicyclic) bond motifs is 1. The van der Waals surface area contributed by atoms with Crippen LogP contribution in [-0.2, 0) is 12.8 Å². The van der Waals surface area contributed by atoms with E-state index in [1.807, 2.05) is 18.2 Å². The second-order valence-electron chi connectivity index (χ2n) is 4.18. The SMILES string of the molecule is OC(c1ccc2c(c1)CCCC2)C(Cl)(Cl)Cl. The van der Waals surface area contributed by atoms with Gasteiger partial charge in [0.2, 0.25) is 3.79 Å². The van der Waals surface area contributed by atoms with Crippen LogP contribution < -0.4 is 0 Å². The Morgan fingerprint density at radius 2 is 1.69 bits per heavy atom. The molecule has 0 bridgehead atoms. The van der Waals surface area contributed by atoms with E-state index in [-0.39, 0.29) is 0 Å². The highest BCUT2D eigenvalue weighted by Gasteiger charge is 2.32. The van der Waals surface area contributed by atoms with E-state index in [2.05, 4.69) is 0 Å². The Morgan fingerprint density at radius 1 is 1.06 bits per heavy atom. The van der Waals surface area contributed by atoms with Crippen molar-refractivity contribution in [2.45, 2.75) is 35.6 Å². The van der Waals surface area contributed by atoms with E-state index < -0.39 is 9.90 Å². The minimum absolute atomic E-state index is 0.681. The van der Waals surface area contributed by atoms with Gasteiger partial charge in [0.1, 0.15) is 6.10 Å². The van der Waals surface area contributed by atoms with Gasteiger partial charge < -0.3 is 5.11 Å². The molecule has 1 aromatic rings. The molecule has 1 nitrogen and oxygen atoms in total. The van der Waals surface area contributed by atoms with Gasteiger partial charge in [0.05, 0.1) is 0 Å². The number of hydrogen-bond donors (Lipinski definition) is 1. The monoisotopic (exact) mass is 278 g/mol. The van der Waals surface area contributed by atoms with Gasteiger partial charge in [0, 0.05) is 0 Å². The number of hydrogen-bond acceptors (Lipinski definition) is 1. The minimum atomic E-state index is -1.66. The predicted octanol–water partition coefficient (Wildman–Crippen LogP) is 3.97. The summed E-state index contributed by atoms with van der Waals surface area (Å²) in [5, 5.41) is 9.86. The molecule has 0 saturated carbocycles. The molecule has 0 aliphatic heterocycles. The lowest BCUT2D eigenvalue weighted by molar-refractivity contribution is 0.182. The summed E-state index contributed by atoms with van der Waals surface area (Å²) in [6.07, 6.45) is 3.53. The maximum absolute atomic E-state index is 9.86. The van der Waals surface area contributed by atoms with Gasteiger partial charge in [-0.1, -0.05) is 53.0 Å². The normalized spacial score (nSPS) is 18.0. The minimum Gasteiger partial charge on any atom is -0.384 e. The van der Waals surface area contributed by atoms with Gasteiger partial charge in [-0.05, 0) is 42.4 Å². The van der Waals surface area contributed by atoms with Gasteiger partial charge in [0.25, 0.3) is 0 Å². The van der Waals surface area contributed by atoms with Gasteiger partial charge in [-0.25, -0.2) is 0 Å². The standard InChI is InChI=1S/C12H13Cl3O/c13-12(14,15)11(16)10-6-5-8-3-1-2-4-9(8)7-10/h5-7,11,16H,1-4H2. The summed E-state index contributed by atoms with van der Waals surface area (Å²) >= 11 is 17.0. The highest BCUT2D eigenvalue weighted by atomic mass is 35.6. The van der Waals surface area contributed by atoms with E-state index in [1.165, 1.54) is 24.0 Å². The molecule has 1 aliphatic carbocycles. The molecular weight excluding hydrogens is 266 g/mol. The molecule has 0 fully saturated rings. The summed E-state index contributed by atoms with van der Waals surface area (Å²) in [6, 6.07) is 5.83. The number of aliphatic hydroxyl groups excluding tert-OH is 1. The van der Waals surface area contributed by atoms with Crippen LogP contribution in [0.1, 0.15) is 35.6 Å². The van der Waals surface area contributed by atoms with Gasteiger partial charge in [-0.15, -0.1) is 0 Å². The topological polar surface area (TPSA) is 20.2 Å². The molecular formula is C12H13Cl3O. The van der Waals surface area contributed by atoms with Crippen LogP contribution in [0, 0.1) is 0 Å². The molecule has 0 aromatic heterocycles. The van der Waals surface area contributed by atoms with Crippen molar-refractivity contribution in [1.82, 2.24) is 0 Å². The zero-order valence-electron chi connectivity index (χ0n) is 8.72. The molecule has 0 spiro atoms. The summed E-state index contributed by atoms with van der Waals surface area (Å²) in [4.78, 5) is 0. The number of rotatable bonds is 1. The van der Waals surface area contributed by atoms with E-state index in [9.17, 15) is 5.11 Å². The molecule has 16 heavy (non-hydrogen) atoms. The molecule has 0 saturated heterocycles. The Balaban J connectivity index is 2.30. The Hall–Kier alpha value is 0.0500. The van der Waals surface area contributed by atoms with Crippen LogP contribution >= 0.6 is 34.8 Å². The van der Waals surface area contributed by atoms with E-state index in [4.69, 9.17) is 34.8 Å². The molecule has 1 aromatic carbocycles. The summed E-state index contributed by atoms with van der Waals surface area (Å²) in [5.74, 6) is 0. The summed E-state index contributed by atoms with van der Waals surface area (Å²) < 4.78 is -1.66. The fourth-order valence-corrected chi connectivity index (χ4v) is 2.49. The van der Waals surface area contributed by atoms with Crippen molar-refractivity contribution in [3.8, 4) is 0 Å². The van der Waals surface area contributed by atoms with Gasteiger partial charge in [0.15, 0.2) is 0 Å². The van der Waals surface area contributed by atoms with Gasteiger partial charge >= 0.3 is 0 Å². The smallest absolute Gasteiger partial charge is 0.220 e. The highest BCUT2D eigenvalue weighted by molar-refractivity contribution is 6.68. The van der Waals surface area contributed by atoms with Crippen LogP contribution in [0.5, 0.6) is 0 Å². The lowest BCUT2D eigenvalue weighted by Crippen LogP contribution is -2.17. The number of benzene rings is 1. The van der Waals surface area contributed by atoms with Crippen LogP contribution in [-0.4, -0.2) is 8.90 Å². The number of halogens is 3. The van der Waals surface area contributed by atoms with E-state index in [1.54, 1.807) is 0 Å². The van der Waals surface area contributed by atoms with Crippen molar-refractivity contribution < 1.29 is 5.11 Å². The highest BCUT2D eigenvalue weighted by Crippen LogP contribution is 2.40. The maximum Gasteiger partial charge on any atom is 0.220 e. The van der Waals surface area contributed by atoms with E-state index in [0.717, 1.165) is 12.8 Å². The number of aryl methyl sites for hydroxylation is 2. The average Bonchev–Trinajstić information content (AvgIpc) is 2.26. The second-order valence-corrected chi connectivity index (χ2v) is 6.55. The lowest BCUT2D eigenvalue weighted by Gasteiger charge is -2.22. The Kier molecular flexibility index (Phi) is 3.70. The van der Waals surface area contributed by atoms with Gasteiger partial charge in [-0.3, -0.25) is 0 Å². The molecule has 88 valence electrons. The maximum atomic E-state index is 9.86. The van der Waals surface area contributed by atoms with Crippen LogP contribution in [0.25, 0.3) is 0 Å². The molecule has 0 amide bonds.